The van der Waals surface area contributed by atoms with E-state index < -0.39 is 11.1 Å². The zero-order valence-corrected chi connectivity index (χ0v) is 12.3. The molecule has 0 amide bonds. The Bertz CT molecular complexity index is 882. The van der Waals surface area contributed by atoms with Crippen LogP contribution in [0.15, 0.2) is 45.6 Å². The Kier molecular flexibility index (Phi) is 3.33. The van der Waals surface area contributed by atoms with E-state index in [0.717, 1.165) is 5.56 Å². The summed E-state index contributed by atoms with van der Waals surface area (Å²) in [5.74, 6) is -0.708. The fourth-order valence-electron chi connectivity index (χ4n) is 2.27. The van der Waals surface area contributed by atoms with Crippen LogP contribution in [0.4, 0.5) is 4.39 Å². The first-order chi connectivity index (χ1) is 9.97. The van der Waals surface area contributed by atoms with E-state index in [2.05, 4.69) is 0 Å². The Hall–Kier alpha value is -2.07. The summed E-state index contributed by atoms with van der Waals surface area (Å²) in [4.78, 5) is 11.5. The van der Waals surface area contributed by atoms with Crippen LogP contribution in [0.2, 0.25) is 0 Å². The first kappa shape index (κ1) is 13.9. The van der Waals surface area contributed by atoms with Gasteiger partial charge in [0.2, 0.25) is 0 Å². The molecule has 0 saturated carbocycles. The van der Waals surface area contributed by atoms with Crippen LogP contribution in [0.25, 0.3) is 11.1 Å². The molecule has 0 bridgehead atoms. The topological polar surface area (TPSA) is 35.1 Å². The number of nitrogens with zero attached hydrogens (tertiary/aromatic N) is 1. The molecular weight excluding hydrogens is 293 g/mol. The van der Waals surface area contributed by atoms with Gasteiger partial charge in [-0.2, -0.15) is 0 Å². The predicted octanol–water partition coefficient (Wildman–Crippen LogP) is 3.91. The highest BCUT2D eigenvalue weighted by atomic mass is 35.5. The lowest BCUT2D eigenvalue weighted by Crippen LogP contribution is -2.08. The van der Waals surface area contributed by atoms with Gasteiger partial charge in [-0.15, -0.1) is 11.6 Å². The second kappa shape index (κ2) is 5.04. The van der Waals surface area contributed by atoms with Gasteiger partial charge in [0.15, 0.2) is 5.58 Å². The summed E-state index contributed by atoms with van der Waals surface area (Å²) in [5, 5.41) is -0.505. The lowest BCUT2D eigenvalue weighted by Gasteiger charge is -2.11. The van der Waals surface area contributed by atoms with E-state index in [1.165, 1.54) is 10.6 Å². The van der Waals surface area contributed by atoms with E-state index >= 15 is 0 Å². The van der Waals surface area contributed by atoms with Gasteiger partial charge in [0.1, 0.15) is 5.82 Å². The van der Waals surface area contributed by atoms with Gasteiger partial charge in [-0.1, -0.05) is 18.2 Å². The first-order valence-corrected chi connectivity index (χ1v) is 6.90. The van der Waals surface area contributed by atoms with Crippen LogP contribution in [0.1, 0.15) is 22.1 Å². The van der Waals surface area contributed by atoms with Crippen LogP contribution in [0.5, 0.6) is 0 Å². The minimum absolute atomic E-state index is 0.287. The van der Waals surface area contributed by atoms with Crippen molar-refractivity contribution in [2.45, 2.75) is 12.3 Å². The van der Waals surface area contributed by atoms with E-state index in [-0.39, 0.29) is 5.82 Å². The van der Waals surface area contributed by atoms with Gasteiger partial charge < -0.3 is 4.42 Å². The third-order valence-corrected chi connectivity index (χ3v) is 4.10. The number of oxazole rings is 1. The summed E-state index contributed by atoms with van der Waals surface area (Å²) in [6.45, 7) is 1.70. The molecule has 1 atom stereocenters. The molecule has 5 heteroatoms. The number of aromatic nitrogens is 1. The van der Waals surface area contributed by atoms with E-state index in [0.29, 0.717) is 22.2 Å². The predicted molar refractivity (Wildman–Crippen MR) is 80.3 cm³/mol. The molecule has 2 aromatic carbocycles. The van der Waals surface area contributed by atoms with Gasteiger partial charge in [-0.3, -0.25) is 4.57 Å². The molecule has 108 valence electrons. The normalized spacial score (nSPS) is 12.8. The van der Waals surface area contributed by atoms with Crippen molar-refractivity contribution in [2.75, 3.05) is 0 Å². The largest absolute Gasteiger partial charge is 0.419 e. The Morgan fingerprint density at radius 3 is 2.57 bits per heavy atom. The highest BCUT2D eigenvalue weighted by molar-refractivity contribution is 6.22. The summed E-state index contributed by atoms with van der Waals surface area (Å²) in [6.07, 6.45) is 0. The summed E-state index contributed by atoms with van der Waals surface area (Å²) in [6, 6.07) is 10.2. The monoisotopic (exact) mass is 305 g/mol. The number of halogens is 2. The molecule has 0 aliphatic rings. The quantitative estimate of drug-likeness (QED) is 0.673. The number of hydrogen-bond acceptors (Lipinski definition) is 2. The number of benzene rings is 2. The van der Waals surface area contributed by atoms with Gasteiger partial charge in [0.25, 0.3) is 0 Å². The maximum Gasteiger partial charge on any atom is 0.419 e. The molecule has 0 spiro atoms. The molecule has 1 aromatic heterocycles. The third kappa shape index (κ3) is 2.36. The number of hydrogen-bond donors (Lipinski definition) is 0. The van der Waals surface area contributed by atoms with Crippen LogP contribution in [-0.4, -0.2) is 4.57 Å². The molecule has 1 heterocycles. The van der Waals surface area contributed by atoms with Crippen LogP contribution in [0, 0.1) is 12.7 Å². The fraction of sp³-hybridized carbons (Fsp3) is 0.188. The van der Waals surface area contributed by atoms with Crippen molar-refractivity contribution >= 4 is 22.7 Å². The lowest BCUT2D eigenvalue weighted by atomic mass is 10.0. The van der Waals surface area contributed by atoms with Crippen molar-refractivity contribution in [3.63, 3.8) is 0 Å². The molecule has 1 unspecified atom stereocenters. The fourth-order valence-corrected chi connectivity index (χ4v) is 2.54. The average molecular weight is 306 g/mol. The van der Waals surface area contributed by atoms with Gasteiger partial charge in [0, 0.05) is 7.05 Å². The van der Waals surface area contributed by atoms with Crippen LogP contribution in [-0.2, 0) is 7.05 Å². The van der Waals surface area contributed by atoms with Gasteiger partial charge in [0.05, 0.1) is 10.9 Å². The number of alkyl halides is 1. The van der Waals surface area contributed by atoms with E-state index in [1.54, 1.807) is 38.2 Å². The Morgan fingerprint density at radius 1 is 1.19 bits per heavy atom. The molecule has 3 nitrogen and oxygen atoms in total. The first-order valence-electron chi connectivity index (χ1n) is 6.47. The molecule has 3 rings (SSSR count). The number of aryl methyl sites for hydroxylation is 2. The third-order valence-electron chi connectivity index (χ3n) is 3.60. The van der Waals surface area contributed by atoms with Gasteiger partial charge in [-0.25, -0.2) is 9.18 Å². The van der Waals surface area contributed by atoms with E-state index in [9.17, 15) is 9.18 Å². The van der Waals surface area contributed by atoms with Crippen LogP contribution in [0.3, 0.4) is 0 Å². The summed E-state index contributed by atoms with van der Waals surface area (Å²) < 4.78 is 20.2. The van der Waals surface area contributed by atoms with Gasteiger partial charge >= 0.3 is 5.76 Å². The molecule has 0 aliphatic carbocycles. The van der Waals surface area contributed by atoms with Crippen molar-refractivity contribution in [1.82, 2.24) is 4.57 Å². The molecule has 3 aromatic rings. The Labute approximate surface area is 125 Å². The highest BCUT2D eigenvalue weighted by Gasteiger charge is 2.15. The number of rotatable bonds is 2. The molecule has 0 N–H and O–H groups in total. The summed E-state index contributed by atoms with van der Waals surface area (Å²) in [7, 11) is 1.64. The van der Waals surface area contributed by atoms with Crippen molar-refractivity contribution < 1.29 is 8.81 Å². The summed E-state index contributed by atoms with van der Waals surface area (Å²) in [5.41, 5.74) is 3.16. The van der Waals surface area contributed by atoms with Crippen molar-refractivity contribution in [3.8, 4) is 0 Å². The van der Waals surface area contributed by atoms with Gasteiger partial charge in [-0.05, 0) is 41.8 Å². The van der Waals surface area contributed by atoms with Crippen molar-refractivity contribution in [2.24, 2.45) is 7.05 Å². The van der Waals surface area contributed by atoms with Crippen molar-refractivity contribution in [3.05, 3.63) is 69.5 Å². The minimum atomic E-state index is -0.505. The molecule has 0 saturated heterocycles. The average Bonchev–Trinajstić information content (AvgIpc) is 2.76. The zero-order chi connectivity index (χ0) is 15.1. The molecule has 0 aliphatic heterocycles. The van der Waals surface area contributed by atoms with Crippen LogP contribution >= 0.6 is 11.6 Å². The zero-order valence-electron chi connectivity index (χ0n) is 11.6. The second-order valence-electron chi connectivity index (χ2n) is 5.03. The van der Waals surface area contributed by atoms with Crippen molar-refractivity contribution in [1.29, 1.82) is 0 Å². The Morgan fingerprint density at radius 2 is 1.86 bits per heavy atom. The highest BCUT2D eigenvalue weighted by Crippen LogP contribution is 2.31. The lowest BCUT2D eigenvalue weighted by molar-refractivity contribution is 0.528. The molecular formula is C16H13ClFNO2. The molecule has 0 radical (unpaired) electrons. The second-order valence-corrected chi connectivity index (χ2v) is 5.46. The van der Waals surface area contributed by atoms with Crippen LogP contribution < -0.4 is 5.76 Å². The maximum absolute atomic E-state index is 13.6. The Balaban J connectivity index is 2.06. The molecule has 21 heavy (non-hydrogen) atoms. The minimum Gasteiger partial charge on any atom is -0.408 e. The number of fused-ring (bicyclic) bond motifs is 1. The maximum atomic E-state index is 13.6. The summed E-state index contributed by atoms with van der Waals surface area (Å²) >= 11 is 6.41. The van der Waals surface area contributed by atoms with E-state index in [1.807, 2.05) is 6.07 Å². The standard InChI is InChI=1S/C16H13ClFNO2/c1-9-3-4-10(7-12(9)18)15(17)11-5-6-13-14(8-11)21-16(20)19(13)2/h3-8,15H,1-2H3. The SMILES string of the molecule is Cc1ccc(C(Cl)c2ccc3c(c2)oc(=O)n3C)cc1F. The van der Waals surface area contributed by atoms with E-state index in [4.69, 9.17) is 16.0 Å². The smallest absolute Gasteiger partial charge is 0.408 e. The molecule has 0 fully saturated rings.